The molecule has 0 rings (SSSR count). The van der Waals surface area contributed by atoms with E-state index in [9.17, 15) is 43.5 Å². The number of carbonyl (C=O) groups is 3. The number of allylic oxidation sites excluding steroid dienone is 32. The summed E-state index contributed by atoms with van der Waals surface area (Å²) < 4.78 is 61.2. The Kier molecular flexibility index (Phi) is 73.8. The van der Waals surface area contributed by atoms with Crippen molar-refractivity contribution in [3.63, 3.8) is 0 Å². The molecule has 18 heteroatoms. The number of phosphoric ester groups is 2. The Balaban J connectivity index is 4.76. The highest BCUT2D eigenvalue weighted by Gasteiger charge is 2.29. The van der Waals surface area contributed by atoms with Crippen LogP contribution in [0.2, 0.25) is 0 Å². The topological polar surface area (TPSA) is 231 Å². The van der Waals surface area contributed by atoms with Gasteiger partial charge in [0.15, 0.2) is 6.10 Å². The van der Waals surface area contributed by atoms with Crippen molar-refractivity contribution in [2.75, 3.05) is 39.6 Å². The number of aliphatic hydroxyl groups is 2. The van der Waals surface area contributed by atoms with Gasteiger partial charge < -0.3 is 34.2 Å². The number of hydrogen-bond acceptors (Lipinski definition) is 14. The number of rotatable bonds is 73. The zero-order valence-corrected chi connectivity index (χ0v) is 66.6. The highest BCUT2D eigenvalue weighted by molar-refractivity contribution is 7.47. The van der Waals surface area contributed by atoms with Gasteiger partial charge in [-0.05, 0) is 161 Å². The number of esters is 3. The summed E-state index contributed by atoms with van der Waals surface area (Å²) in [6.45, 7) is 2.25. The first kappa shape index (κ1) is 99.4. The molecule has 5 unspecified atom stereocenters. The van der Waals surface area contributed by atoms with Crippen LogP contribution in [0.3, 0.4) is 0 Å². The molecule has 0 saturated carbocycles. The molecule has 0 bridgehead atoms. The van der Waals surface area contributed by atoms with Crippen molar-refractivity contribution in [1.82, 2.24) is 0 Å². The Morgan fingerprint density at radius 3 is 0.771 bits per heavy atom. The molecule has 0 aromatic carbocycles. The van der Waals surface area contributed by atoms with E-state index >= 15 is 0 Å². The first-order valence-corrected chi connectivity index (χ1v) is 42.7. The molecule has 0 aliphatic rings. The van der Waals surface area contributed by atoms with Gasteiger partial charge in [-0.2, -0.15) is 0 Å². The second kappa shape index (κ2) is 78.0. The maximum atomic E-state index is 13.0. The number of ether oxygens (including phenoxy) is 3. The van der Waals surface area contributed by atoms with Gasteiger partial charge in [0.05, 0.1) is 26.4 Å². The molecule has 0 aromatic heterocycles. The molecule has 0 heterocycles. The standard InChI is InChI=1S/C87H140O16P2/c1-4-7-10-13-16-19-22-25-28-31-34-37-39-40-42-45-46-49-52-55-58-61-64-67-70-73-85(90)97-76-82(88)77-99-104(93,94)100-78-83(89)79-101-105(95,96)102-81-84(103-87(92)75-72-69-66-63-60-57-54-51-48-43-36-33-30-27-24-21-18-15-12-9-6-3)80-98-86(91)74-71-68-65-62-59-56-53-50-47-44-41-38-35-32-29-26-23-20-17-14-11-8-5-2/h7-12,16-21,25-30,34-38,40,42-44,47,51,54,60,63,82-84,88-89H,4-6,13-15,22-24,31-33,39,41,45-46,48-50,52-53,55-59,61-62,64-81H2,1-3H3,(H,93,94)(H,95,96)/b10-7-,11-8-,12-9-,19-16-,20-17-,21-18-,28-25-,29-26-,30-27-,37-34-,38-35-,42-40-,43-36-,47-44-,54-51-,63-60-. The average Bonchev–Trinajstić information content (AvgIpc) is 0.922. The van der Waals surface area contributed by atoms with Crippen molar-refractivity contribution in [1.29, 1.82) is 0 Å². The van der Waals surface area contributed by atoms with Gasteiger partial charge in [-0.25, -0.2) is 9.13 Å². The van der Waals surface area contributed by atoms with Crippen molar-refractivity contribution >= 4 is 33.6 Å². The van der Waals surface area contributed by atoms with Crippen LogP contribution in [0.25, 0.3) is 0 Å². The van der Waals surface area contributed by atoms with Crippen molar-refractivity contribution in [3.05, 3.63) is 194 Å². The first-order chi connectivity index (χ1) is 51.2. The zero-order valence-electron chi connectivity index (χ0n) is 64.8. The lowest BCUT2D eigenvalue weighted by molar-refractivity contribution is -0.161. The minimum absolute atomic E-state index is 0.0385. The molecule has 16 nitrogen and oxygen atoms in total. The Hall–Kier alpha value is -5.61. The maximum Gasteiger partial charge on any atom is 0.472 e. The lowest BCUT2D eigenvalue weighted by Gasteiger charge is -2.21. The second-order valence-corrected chi connectivity index (χ2v) is 28.6. The molecule has 0 amide bonds. The first-order valence-electron chi connectivity index (χ1n) is 39.7. The molecular formula is C87H140O16P2. The smallest absolute Gasteiger partial charge is 0.463 e. The molecule has 4 N–H and O–H groups in total. The summed E-state index contributed by atoms with van der Waals surface area (Å²) in [5.74, 6) is -1.66. The van der Waals surface area contributed by atoms with Crippen LogP contribution in [-0.2, 0) is 55.8 Å². The van der Waals surface area contributed by atoms with Gasteiger partial charge in [-0.1, -0.05) is 292 Å². The van der Waals surface area contributed by atoms with Gasteiger partial charge in [-0.15, -0.1) is 0 Å². The summed E-state index contributed by atoms with van der Waals surface area (Å²) in [4.78, 5) is 58.7. The highest BCUT2D eigenvalue weighted by Crippen LogP contribution is 2.45. The Morgan fingerprint density at radius 2 is 0.476 bits per heavy atom. The zero-order chi connectivity index (χ0) is 76.6. The molecular weight excluding hydrogens is 1360 g/mol. The lowest BCUT2D eigenvalue weighted by Crippen LogP contribution is -2.30. The fourth-order valence-electron chi connectivity index (χ4n) is 9.86. The van der Waals surface area contributed by atoms with Crippen molar-refractivity contribution in [2.24, 2.45) is 0 Å². The Morgan fingerprint density at radius 1 is 0.267 bits per heavy atom. The molecule has 0 radical (unpaired) electrons. The number of unbranched alkanes of at least 4 members (excludes halogenated alkanes) is 18. The molecule has 0 aromatic rings. The van der Waals surface area contributed by atoms with Crippen molar-refractivity contribution < 1.29 is 75.8 Å². The number of phosphoric acid groups is 2. The van der Waals surface area contributed by atoms with E-state index < -0.39 is 91.5 Å². The van der Waals surface area contributed by atoms with Crippen molar-refractivity contribution in [2.45, 2.75) is 296 Å². The quantitative estimate of drug-likeness (QED) is 0.0146. The third-order valence-electron chi connectivity index (χ3n) is 15.8. The van der Waals surface area contributed by atoms with Gasteiger partial charge in [-0.3, -0.25) is 32.5 Å². The molecule has 0 fully saturated rings. The van der Waals surface area contributed by atoms with Crippen LogP contribution in [0.5, 0.6) is 0 Å². The van der Waals surface area contributed by atoms with Crippen LogP contribution in [0, 0.1) is 0 Å². The minimum atomic E-state index is -4.96. The summed E-state index contributed by atoms with van der Waals surface area (Å²) in [5.41, 5.74) is 0. The number of carbonyl (C=O) groups excluding carboxylic acids is 3. The van der Waals surface area contributed by atoms with Crippen LogP contribution < -0.4 is 0 Å². The van der Waals surface area contributed by atoms with E-state index in [0.717, 1.165) is 186 Å². The van der Waals surface area contributed by atoms with E-state index in [1.807, 2.05) is 0 Å². The van der Waals surface area contributed by atoms with E-state index in [4.69, 9.17) is 32.3 Å². The van der Waals surface area contributed by atoms with E-state index in [-0.39, 0.29) is 19.3 Å². The summed E-state index contributed by atoms with van der Waals surface area (Å²) in [6.07, 6.45) is 102. The summed E-state index contributed by atoms with van der Waals surface area (Å²) >= 11 is 0. The van der Waals surface area contributed by atoms with Crippen LogP contribution in [0.15, 0.2) is 194 Å². The Bertz CT molecular complexity index is 2690. The van der Waals surface area contributed by atoms with Gasteiger partial charge in [0.1, 0.15) is 25.4 Å². The molecule has 0 saturated heterocycles. The van der Waals surface area contributed by atoms with E-state index in [1.54, 1.807) is 0 Å². The van der Waals surface area contributed by atoms with Gasteiger partial charge >= 0.3 is 33.6 Å². The van der Waals surface area contributed by atoms with Crippen LogP contribution in [0.4, 0.5) is 0 Å². The minimum Gasteiger partial charge on any atom is -0.463 e. The molecule has 594 valence electrons. The van der Waals surface area contributed by atoms with Crippen LogP contribution in [-0.4, -0.2) is 95.9 Å². The molecule has 0 spiro atoms. The number of aliphatic hydroxyl groups excluding tert-OH is 2. The van der Waals surface area contributed by atoms with E-state index in [2.05, 4.69) is 215 Å². The van der Waals surface area contributed by atoms with Crippen LogP contribution in [0.1, 0.15) is 278 Å². The molecule has 0 aliphatic heterocycles. The van der Waals surface area contributed by atoms with E-state index in [0.29, 0.717) is 25.7 Å². The van der Waals surface area contributed by atoms with Gasteiger partial charge in [0, 0.05) is 19.3 Å². The number of hydrogen-bond donors (Lipinski definition) is 4. The predicted octanol–water partition coefficient (Wildman–Crippen LogP) is 23.5. The third-order valence-corrected chi connectivity index (χ3v) is 17.7. The van der Waals surface area contributed by atoms with Crippen LogP contribution >= 0.6 is 15.6 Å². The predicted molar refractivity (Wildman–Crippen MR) is 435 cm³/mol. The summed E-state index contributed by atoms with van der Waals surface area (Å²) in [7, 11) is -9.83. The second-order valence-electron chi connectivity index (χ2n) is 25.7. The Labute approximate surface area is 636 Å². The fourth-order valence-corrected chi connectivity index (χ4v) is 11.4. The third kappa shape index (κ3) is 79.3. The summed E-state index contributed by atoms with van der Waals surface area (Å²) in [5, 5.41) is 20.7. The normalized spacial score (nSPS) is 15.0. The monoisotopic (exact) mass is 1500 g/mol. The highest BCUT2D eigenvalue weighted by atomic mass is 31.2. The fraction of sp³-hybridized carbons (Fsp3) is 0.598. The average molecular weight is 1500 g/mol. The largest absolute Gasteiger partial charge is 0.472 e. The maximum absolute atomic E-state index is 13.0. The molecule has 5 atom stereocenters. The van der Waals surface area contributed by atoms with Crippen molar-refractivity contribution in [3.8, 4) is 0 Å². The summed E-state index contributed by atoms with van der Waals surface area (Å²) in [6, 6.07) is 0. The SMILES string of the molecule is CC/C=C\C/C=C\C/C=C\C/C=C\C/C=C\C/C=C\CCCCC(=O)OC(COC(=O)CCCCCCCCC/C=C\C/C=C\C/C=C\C/C=C\C/C=C\CC)COP(=O)(O)OCC(O)COP(=O)(O)OCC(O)COC(=O)CCCCCCCCCCC/C=C\C/C=C\C/C=C\C/C=C\C/C=C\CC. The lowest BCUT2D eigenvalue weighted by atomic mass is 10.1. The van der Waals surface area contributed by atoms with E-state index in [1.165, 1.54) is 25.7 Å². The molecule has 105 heavy (non-hydrogen) atoms. The van der Waals surface area contributed by atoms with Gasteiger partial charge in [0.2, 0.25) is 0 Å². The molecule has 0 aliphatic carbocycles. The van der Waals surface area contributed by atoms with Gasteiger partial charge in [0.25, 0.3) is 0 Å².